The van der Waals surface area contributed by atoms with E-state index in [1.54, 1.807) is 67.7 Å². The molecule has 0 spiro atoms. The highest BCUT2D eigenvalue weighted by molar-refractivity contribution is 6.00. The van der Waals surface area contributed by atoms with Crippen LogP contribution in [0.2, 0.25) is 0 Å². The lowest BCUT2D eigenvalue weighted by Crippen LogP contribution is -2.24. The first-order chi connectivity index (χ1) is 17.4. The standard InChI is InChI=1S/C26H22FN5O4/c1-16-2-7-21(27)22(12-16)32-26(35)31-18-3-5-19(6-4-18)36-20-8-9-28-24(14-20)23-13-17(15-30-23)25(34)29-10-11-33/h2-9,11-15,30H,10H2,1H3,(H,29,34)(H2,31,32,35). The van der Waals surface area contributed by atoms with Crippen LogP contribution in [0.1, 0.15) is 15.9 Å². The van der Waals surface area contributed by atoms with Gasteiger partial charge in [-0.1, -0.05) is 6.07 Å². The van der Waals surface area contributed by atoms with Crippen molar-refractivity contribution in [1.29, 1.82) is 0 Å². The van der Waals surface area contributed by atoms with Crippen LogP contribution in [-0.4, -0.2) is 34.7 Å². The summed E-state index contributed by atoms with van der Waals surface area (Å²) in [5.41, 5.74) is 2.95. The van der Waals surface area contributed by atoms with E-state index in [1.165, 1.54) is 12.3 Å². The molecule has 0 fully saturated rings. The van der Waals surface area contributed by atoms with Gasteiger partial charge in [-0.3, -0.25) is 9.78 Å². The fourth-order valence-electron chi connectivity index (χ4n) is 3.29. The first kappa shape index (κ1) is 24.1. The molecule has 0 aliphatic rings. The summed E-state index contributed by atoms with van der Waals surface area (Å²) in [6.07, 6.45) is 3.71. The van der Waals surface area contributed by atoms with E-state index in [9.17, 15) is 18.8 Å². The number of nitrogens with zero attached hydrogens (tertiary/aromatic N) is 1. The van der Waals surface area contributed by atoms with Gasteiger partial charge in [-0.05, 0) is 61.0 Å². The van der Waals surface area contributed by atoms with E-state index < -0.39 is 11.8 Å². The van der Waals surface area contributed by atoms with Crippen LogP contribution in [-0.2, 0) is 4.79 Å². The monoisotopic (exact) mass is 487 g/mol. The van der Waals surface area contributed by atoms with E-state index in [0.717, 1.165) is 5.56 Å². The summed E-state index contributed by atoms with van der Waals surface area (Å²) in [6.45, 7) is 1.74. The summed E-state index contributed by atoms with van der Waals surface area (Å²) in [5.74, 6) is 0.134. The van der Waals surface area contributed by atoms with Crippen LogP contribution in [0.5, 0.6) is 11.5 Å². The average molecular weight is 487 g/mol. The van der Waals surface area contributed by atoms with Gasteiger partial charge in [0, 0.05) is 24.1 Å². The Labute approximate surface area is 205 Å². The summed E-state index contributed by atoms with van der Waals surface area (Å²) in [5, 5.41) is 7.60. The molecule has 2 heterocycles. The number of aldehydes is 1. The molecule has 0 atom stereocenters. The molecule has 10 heteroatoms. The number of aromatic amines is 1. The Morgan fingerprint density at radius 1 is 1.03 bits per heavy atom. The number of urea groups is 1. The van der Waals surface area contributed by atoms with E-state index in [1.807, 2.05) is 0 Å². The van der Waals surface area contributed by atoms with Gasteiger partial charge in [0.1, 0.15) is 23.6 Å². The molecule has 4 aromatic rings. The quantitative estimate of drug-likeness (QED) is 0.263. The smallest absolute Gasteiger partial charge is 0.323 e. The molecular formula is C26H22FN5O4. The zero-order valence-corrected chi connectivity index (χ0v) is 19.2. The second-order valence-electron chi connectivity index (χ2n) is 7.74. The summed E-state index contributed by atoms with van der Waals surface area (Å²) < 4.78 is 19.7. The molecule has 0 aliphatic carbocycles. The van der Waals surface area contributed by atoms with Gasteiger partial charge in [0.05, 0.1) is 29.2 Å². The molecular weight excluding hydrogens is 465 g/mol. The van der Waals surface area contributed by atoms with Gasteiger partial charge < -0.3 is 30.5 Å². The number of pyridine rings is 1. The van der Waals surface area contributed by atoms with Gasteiger partial charge in [0.15, 0.2) is 0 Å². The van der Waals surface area contributed by atoms with Crippen molar-refractivity contribution in [2.75, 3.05) is 17.2 Å². The lowest BCUT2D eigenvalue weighted by molar-refractivity contribution is -0.107. The number of nitrogens with one attached hydrogen (secondary N) is 4. The number of amides is 3. The maximum absolute atomic E-state index is 13.9. The minimum Gasteiger partial charge on any atom is -0.457 e. The number of carbonyl (C=O) groups excluding carboxylic acids is 3. The van der Waals surface area contributed by atoms with Crippen LogP contribution in [0.4, 0.5) is 20.6 Å². The minimum atomic E-state index is -0.572. The van der Waals surface area contributed by atoms with Crippen molar-refractivity contribution in [2.45, 2.75) is 6.92 Å². The van der Waals surface area contributed by atoms with Crippen LogP contribution < -0.4 is 20.7 Å². The molecule has 2 aromatic heterocycles. The molecule has 3 amide bonds. The minimum absolute atomic E-state index is 0.0643. The van der Waals surface area contributed by atoms with Gasteiger partial charge in [0.2, 0.25) is 0 Å². The van der Waals surface area contributed by atoms with Crippen molar-refractivity contribution in [3.05, 3.63) is 90.0 Å². The Balaban J connectivity index is 1.38. The van der Waals surface area contributed by atoms with Crippen molar-refractivity contribution < 1.29 is 23.5 Å². The van der Waals surface area contributed by atoms with Crippen LogP contribution in [0, 0.1) is 12.7 Å². The topological polar surface area (TPSA) is 125 Å². The van der Waals surface area contributed by atoms with Crippen molar-refractivity contribution in [3.8, 4) is 22.9 Å². The van der Waals surface area contributed by atoms with E-state index in [2.05, 4.69) is 25.9 Å². The third kappa shape index (κ3) is 6.11. The van der Waals surface area contributed by atoms with Crippen molar-refractivity contribution in [3.63, 3.8) is 0 Å². The number of ether oxygens (including phenoxy) is 1. The predicted molar refractivity (Wildman–Crippen MR) is 133 cm³/mol. The molecule has 4 N–H and O–H groups in total. The van der Waals surface area contributed by atoms with Gasteiger partial charge in [-0.2, -0.15) is 0 Å². The molecule has 0 radical (unpaired) electrons. The molecule has 0 saturated heterocycles. The van der Waals surface area contributed by atoms with Crippen LogP contribution in [0.3, 0.4) is 0 Å². The van der Waals surface area contributed by atoms with Crippen LogP contribution in [0.25, 0.3) is 11.4 Å². The van der Waals surface area contributed by atoms with Crippen molar-refractivity contribution >= 4 is 29.6 Å². The van der Waals surface area contributed by atoms with E-state index in [-0.39, 0.29) is 18.1 Å². The molecule has 0 bridgehead atoms. The number of anilines is 2. The largest absolute Gasteiger partial charge is 0.457 e. The zero-order valence-electron chi connectivity index (χ0n) is 19.2. The van der Waals surface area contributed by atoms with E-state index in [0.29, 0.717) is 40.4 Å². The Morgan fingerprint density at radius 3 is 2.61 bits per heavy atom. The van der Waals surface area contributed by atoms with Crippen molar-refractivity contribution in [1.82, 2.24) is 15.3 Å². The fraction of sp³-hybridized carbons (Fsp3) is 0.0769. The number of aryl methyl sites for hydroxylation is 1. The highest BCUT2D eigenvalue weighted by Crippen LogP contribution is 2.27. The molecule has 0 saturated carbocycles. The molecule has 4 rings (SSSR count). The number of carbonyl (C=O) groups is 3. The van der Waals surface area contributed by atoms with Gasteiger partial charge in [0.25, 0.3) is 5.91 Å². The molecule has 36 heavy (non-hydrogen) atoms. The van der Waals surface area contributed by atoms with E-state index >= 15 is 0 Å². The number of hydrogen-bond donors (Lipinski definition) is 4. The lowest BCUT2D eigenvalue weighted by Gasteiger charge is -2.10. The Hall–Kier alpha value is -4.99. The second kappa shape index (κ2) is 11.0. The summed E-state index contributed by atoms with van der Waals surface area (Å²) in [6, 6.07) is 15.5. The molecule has 9 nitrogen and oxygen atoms in total. The first-order valence-electron chi connectivity index (χ1n) is 10.9. The molecule has 0 aliphatic heterocycles. The first-order valence-corrected chi connectivity index (χ1v) is 10.9. The summed E-state index contributed by atoms with van der Waals surface area (Å²) in [7, 11) is 0. The predicted octanol–water partition coefficient (Wildman–Crippen LogP) is 4.89. The Bertz CT molecular complexity index is 1400. The summed E-state index contributed by atoms with van der Waals surface area (Å²) in [4.78, 5) is 41.9. The number of benzene rings is 2. The van der Waals surface area contributed by atoms with Gasteiger partial charge in [-0.15, -0.1) is 0 Å². The number of hydrogen-bond acceptors (Lipinski definition) is 5. The Kier molecular flexibility index (Phi) is 7.35. The molecule has 2 aromatic carbocycles. The maximum Gasteiger partial charge on any atom is 0.323 e. The zero-order chi connectivity index (χ0) is 25.5. The molecule has 0 unspecified atom stereocenters. The number of rotatable bonds is 8. The van der Waals surface area contributed by atoms with Gasteiger partial charge >= 0.3 is 6.03 Å². The third-order valence-electron chi connectivity index (χ3n) is 5.02. The lowest BCUT2D eigenvalue weighted by atomic mass is 10.2. The van der Waals surface area contributed by atoms with Crippen molar-refractivity contribution in [2.24, 2.45) is 0 Å². The number of aromatic nitrogens is 2. The number of halogens is 1. The molecule has 182 valence electrons. The van der Waals surface area contributed by atoms with Crippen LogP contribution in [0.15, 0.2) is 73.1 Å². The third-order valence-corrected chi connectivity index (χ3v) is 5.02. The number of H-pyrrole nitrogens is 1. The van der Waals surface area contributed by atoms with Gasteiger partial charge in [-0.25, -0.2) is 9.18 Å². The maximum atomic E-state index is 13.9. The SMILES string of the molecule is Cc1ccc(F)c(NC(=O)Nc2ccc(Oc3ccnc(-c4cc(C(=O)NCC=O)c[nH]4)c3)cc2)c1. The van der Waals surface area contributed by atoms with E-state index in [4.69, 9.17) is 4.74 Å². The second-order valence-corrected chi connectivity index (χ2v) is 7.74. The highest BCUT2D eigenvalue weighted by Gasteiger charge is 2.11. The highest BCUT2D eigenvalue weighted by atomic mass is 19.1. The normalized spacial score (nSPS) is 10.4. The average Bonchev–Trinajstić information content (AvgIpc) is 3.37. The Morgan fingerprint density at radius 2 is 1.83 bits per heavy atom. The summed E-state index contributed by atoms with van der Waals surface area (Å²) >= 11 is 0. The van der Waals surface area contributed by atoms with Crippen LogP contribution >= 0.6 is 0 Å². The fourth-order valence-corrected chi connectivity index (χ4v) is 3.29.